The van der Waals surface area contributed by atoms with Crippen LogP contribution in [0.15, 0.2) is 0 Å². The number of rotatable bonds is 0. The summed E-state index contributed by atoms with van der Waals surface area (Å²) >= 11 is 1.62. The minimum Gasteiger partial charge on any atom is -0.382 e. The molecule has 1 N–H and O–H groups in total. The number of aliphatic hydroxyl groups excluding tert-OH is 1. The maximum atomic E-state index is 8.68. The topological polar surface area (TPSA) is 20.2 Å². The van der Waals surface area contributed by atoms with E-state index in [1.165, 1.54) is 0 Å². The first-order valence-electron chi connectivity index (χ1n) is 2.10. The summed E-state index contributed by atoms with van der Waals surface area (Å²) in [6, 6.07) is 0. The van der Waals surface area contributed by atoms with E-state index in [2.05, 4.69) is 6.92 Å². The Kier molecular flexibility index (Phi) is 1.06. The first-order chi connectivity index (χ1) is 2.80. The van der Waals surface area contributed by atoms with Gasteiger partial charge in [-0.25, -0.2) is 0 Å². The van der Waals surface area contributed by atoms with E-state index in [9.17, 15) is 0 Å². The highest BCUT2D eigenvalue weighted by molar-refractivity contribution is 8.01. The molecular formula is C4H8OS. The first kappa shape index (κ1) is 4.47. The van der Waals surface area contributed by atoms with Crippen LogP contribution >= 0.6 is 11.8 Å². The lowest BCUT2D eigenvalue weighted by Gasteiger charge is -2.27. The van der Waals surface area contributed by atoms with E-state index in [0.717, 1.165) is 5.75 Å². The molecule has 0 bridgehead atoms. The normalized spacial score (nSPS) is 45.0. The molecule has 0 aromatic heterocycles. The van der Waals surface area contributed by atoms with E-state index in [4.69, 9.17) is 5.11 Å². The van der Waals surface area contributed by atoms with Crippen LogP contribution in [0.1, 0.15) is 6.92 Å². The zero-order chi connectivity index (χ0) is 4.57. The summed E-state index contributed by atoms with van der Waals surface area (Å²) in [6.07, 6.45) is 0. The zero-order valence-electron chi connectivity index (χ0n) is 3.72. The van der Waals surface area contributed by atoms with Gasteiger partial charge >= 0.3 is 0 Å². The third kappa shape index (κ3) is 0.545. The lowest BCUT2D eigenvalue weighted by Crippen LogP contribution is -2.26. The number of hydrogen-bond donors (Lipinski definition) is 1. The van der Waals surface area contributed by atoms with Gasteiger partial charge in [-0.15, -0.1) is 11.8 Å². The average Bonchev–Trinajstić information content (AvgIpc) is 1.61. The van der Waals surface area contributed by atoms with Gasteiger partial charge in [0.25, 0.3) is 0 Å². The van der Waals surface area contributed by atoms with Crippen molar-refractivity contribution in [3.8, 4) is 0 Å². The van der Waals surface area contributed by atoms with Gasteiger partial charge in [-0.2, -0.15) is 0 Å². The highest BCUT2D eigenvalue weighted by Crippen LogP contribution is 2.30. The molecule has 1 fully saturated rings. The second-order valence-corrected chi connectivity index (χ2v) is 2.85. The van der Waals surface area contributed by atoms with Gasteiger partial charge in [0, 0.05) is 11.7 Å². The second-order valence-electron chi connectivity index (χ2n) is 1.70. The van der Waals surface area contributed by atoms with E-state index >= 15 is 0 Å². The summed E-state index contributed by atoms with van der Waals surface area (Å²) in [4.78, 5) is 0. The van der Waals surface area contributed by atoms with Crippen molar-refractivity contribution in [2.45, 2.75) is 12.4 Å². The third-order valence-corrected chi connectivity index (χ3v) is 2.54. The van der Waals surface area contributed by atoms with Crippen molar-refractivity contribution < 1.29 is 5.11 Å². The van der Waals surface area contributed by atoms with Crippen molar-refractivity contribution in [2.75, 3.05) is 5.75 Å². The van der Waals surface area contributed by atoms with Crippen molar-refractivity contribution in [3.63, 3.8) is 0 Å². The van der Waals surface area contributed by atoms with E-state index in [1.54, 1.807) is 11.8 Å². The molecule has 1 nitrogen and oxygen atoms in total. The second kappa shape index (κ2) is 1.43. The molecule has 0 aromatic rings. The molecule has 1 saturated heterocycles. The van der Waals surface area contributed by atoms with Crippen LogP contribution < -0.4 is 0 Å². The molecular weight excluding hydrogens is 96.1 g/mol. The molecule has 0 amide bonds. The van der Waals surface area contributed by atoms with Crippen LogP contribution in [0, 0.1) is 5.92 Å². The Bertz CT molecular complexity index is 47.5. The lowest BCUT2D eigenvalue weighted by atomic mass is 10.2. The highest BCUT2D eigenvalue weighted by Gasteiger charge is 2.23. The maximum absolute atomic E-state index is 8.68. The summed E-state index contributed by atoms with van der Waals surface area (Å²) in [5.74, 6) is 1.69. The Morgan fingerprint density at radius 3 is 2.33 bits per heavy atom. The van der Waals surface area contributed by atoms with E-state index < -0.39 is 0 Å². The van der Waals surface area contributed by atoms with Crippen molar-refractivity contribution in [1.29, 1.82) is 0 Å². The average molecular weight is 104 g/mol. The van der Waals surface area contributed by atoms with Gasteiger partial charge in [0.1, 0.15) is 5.44 Å². The molecule has 36 valence electrons. The Balaban J connectivity index is 2.20. The van der Waals surface area contributed by atoms with Crippen LogP contribution in [-0.2, 0) is 0 Å². The van der Waals surface area contributed by atoms with Crippen LogP contribution in [0.3, 0.4) is 0 Å². The fourth-order valence-corrected chi connectivity index (χ4v) is 1.12. The van der Waals surface area contributed by atoms with Crippen molar-refractivity contribution in [1.82, 2.24) is 0 Å². The Hall–Kier alpha value is 0.310. The molecule has 0 spiro atoms. The molecule has 0 aliphatic carbocycles. The van der Waals surface area contributed by atoms with Gasteiger partial charge in [0.2, 0.25) is 0 Å². The van der Waals surface area contributed by atoms with Crippen LogP contribution in [0.2, 0.25) is 0 Å². The molecule has 1 heterocycles. The van der Waals surface area contributed by atoms with Crippen LogP contribution in [0.5, 0.6) is 0 Å². The van der Waals surface area contributed by atoms with Gasteiger partial charge in [0.05, 0.1) is 0 Å². The molecule has 2 atom stereocenters. The van der Waals surface area contributed by atoms with Gasteiger partial charge in [-0.3, -0.25) is 0 Å². The van der Waals surface area contributed by atoms with Crippen molar-refractivity contribution >= 4 is 11.8 Å². The number of hydrogen-bond acceptors (Lipinski definition) is 2. The molecule has 2 heteroatoms. The summed E-state index contributed by atoms with van der Waals surface area (Å²) in [6.45, 7) is 2.06. The van der Waals surface area contributed by atoms with Crippen molar-refractivity contribution in [3.05, 3.63) is 0 Å². The van der Waals surface area contributed by atoms with E-state index in [1.807, 2.05) is 0 Å². The van der Waals surface area contributed by atoms with Crippen LogP contribution in [-0.4, -0.2) is 16.3 Å². The summed E-state index contributed by atoms with van der Waals surface area (Å²) in [5.41, 5.74) is -0.0509. The fraction of sp³-hybridized carbons (Fsp3) is 1.00. The number of thioether (sulfide) groups is 1. The van der Waals surface area contributed by atoms with Gasteiger partial charge in [-0.1, -0.05) is 6.92 Å². The Morgan fingerprint density at radius 2 is 2.33 bits per heavy atom. The summed E-state index contributed by atoms with van der Waals surface area (Å²) in [5, 5.41) is 8.68. The molecule has 0 radical (unpaired) electrons. The lowest BCUT2D eigenvalue weighted by molar-refractivity contribution is 0.196. The monoisotopic (exact) mass is 104 g/mol. The predicted octanol–water partition coefficient (Wildman–Crippen LogP) is 0.688. The minimum absolute atomic E-state index is 0.0509. The predicted molar refractivity (Wildman–Crippen MR) is 27.6 cm³/mol. The van der Waals surface area contributed by atoms with Crippen LogP contribution in [0.4, 0.5) is 0 Å². The molecule has 6 heavy (non-hydrogen) atoms. The Labute approximate surface area is 41.7 Å². The highest BCUT2D eigenvalue weighted by atomic mass is 32.2. The van der Waals surface area contributed by atoms with Gasteiger partial charge in [-0.05, 0) is 0 Å². The smallest absolute Gasteiger partial charge is 0.103 e. The molecule has 2 unspecified atom stereocenters. The van der Waals surface area contributed by atoms with Gasteiger partial charge in [0.15, 0.2) is 0 Å². The molecule has 1 aliphatic heterocycles. The Morgan fingerprint density at radius 1 is 1.83 bits per heavy atom. The number of aliphatic hydroxyl groups is 1. The minimum atomic E-state index is -0.0509. The van der Waals surface area contributed by atoms with E-state index in [0.29, 0.717) is 5.92 Å². The molecule has 1 aliphatic rings. The molecule has 0 saturated carbocycles. The SMILES string of the molecule is CC1CSC1O. The van der Waals surface area contributed by atoms with Crippen LogP contribution in [0.25, 0.3) is 0 Å². The van der Waals surface area contributed by atoms with Gasteiger partial charge < -0.3 is 5.11 Å². The standard InChI is InChI=1S/C4H8OS/c1-3-2-6-4(3)5/h3-5H,2H2,1H3. The molecule has 0 aromatic carbocycles. The maximum Gasteiger partial charge on any atom is 0.103 e. The zero-order valence-corrected chi connectivity index (χ0v) is 4.53. The quantitative estimate of drug-likeness (QED) is 0.488. The fourth-order valence-electron chi connectivity index (χ4n) is 0.375. The largest absolute Gasteiger partial charge is 0.382 e. The summed E-state index contributed by atoms with van der Waals surface area (Å²) in [7, 11) is 0. The van der Waals surface area contributed by atoms with E-state index in [-0.39, 0.29) is 5.44 Å². The van der Waals surface area contributed by atoms with Crippen molar-refractivity contribution in [2.24, 2.45) is 5.92 Å². The molecule has 1 rings (SSSR count). The first-order valence-corrected chi connectivity index (χ1v) is 3.15. The third-order valence-electron chi connectivity index (χ3n) is 1.02. The summed E-state index contributed by atoms with van der Waals surface area (Å²) < 4.78 is 0.